The van der Waals surface area contributed by atoms with Crippen LogP contribution < -0.4 is 4.74 Å². The Kier molecular flexibility index (Phi) is 5.99. The standard InChI is InChI=1S/C15H16O.C2H6/c1-12-6-5-9-15(10-12)16-11-14-8-4-3-7-13(14)2;1-2/h3-10H,11H2,1-2H3;1-2H3. The van der Waals surface area contributed by atoms with Crippen molar-refractivity contribution in [1.82, 2.24) is 0 Å². The van der Waals surface area contributed by atoms with Crippen molar-refractivity contribution in [1.29, 1.82) is 0 Å². The molecule has 0 amide bonds. The van der Waals surface area contributed by atoms with Gasteiger partial charge in [0, 0.05) is 0 Å². The highest BCUT2D eigenvalue weighted by Crippen LogP contribution is 2.15. The monoisotopic (exact) mass is 242 g/mol. The van der Waals surface area contributed by atoms with Gasteiger partial charge in [-0.05, 0) is 42.7 Å². The number of ether oxygens (including phenoxy) is 1. The van der Waals surface area contributed by atoms with Crippen LogP contribution >= 0.6 is 0 Å². The van der Waals surface area contributed by atoms with Gasteiger partial charge in [0.2, 0.25) is 0 Å². The summed E-state index contributed by atoms with van der Waals surface area (Å²) in [4.78, 5) is 0. The average molecular weight is 242 g/mol. The fourth-order valence-corrected chi connectivity index (χ4v) is 1.64. The summed E-state index contributed by atoms with van der Waals surface area (Å²) < 4.78 is 5.75. The zero-order chi connectivity index (χ0) is 13.4. The third kappa shape index (κ3) is 4.25. The van der Waals surface area contributed by atoms with E-state index in [0.717, 1.165) is 5.75 Å². The van der Waals surface area contributed by atoms with Crippen LogP contribution in [0.3, 0.4) is 0 Å². The minimum Gasteiger partial charge on any atom is -0.489 e. The normalized spacial score (nSPS) is 9.33. The molecule has 2 rings (SSSR count). The molecule has 1 nitrogen and oxygen atoms in total. The highest BCUT2D eigenvalue weighted by atomic mass is 16.5. The summed E-state index contributed by atoms with van der Waals surface area (Å²) in [5.41, 5.74) is 3.74. The second-order valence-electron chi connectivity index (χ2n) is 4.03. The zero-order valence-electron chi connectivity index (χ0n) is 11.7. The molecule has 0 aliphatic carbocycles. The highest BCUT2D eigenvalue weighted by Gasteiger charge is 1.98. The third-order valence-corrected chi connectivity index (χ3v) is 2.65. The molecule has 2 aromatic rings. The van der Waals surface area contributed by atoms with Crippen LogP contribution in [0.1, 0.15) is 30.5 Å². The molecule has 0 saturated carbocycles. The summed E-state index contributed by atoms with van der Waals surface area (Å²) in [6.45, 7) is 8.81. The molecule has 0 radical (unpaired) electrons. The summed E-state index contributed by atoms with van der Waals surface area (Å²) in [7, 11) is 0. The smallest absolute Gasteiger partial charge is 0.120 e. The van der Waals surface area contributed by atoms with Crippen LogP contribution in [-0.4, -0.2) is 0 Å². The maximum Gasteiger partial charge on any atom is 0.120 e. The van der Waals surface area contributed by atoms with Gasteiger partial charge >= 0.3 is 0 Å². The van der Waals surface area contributed by atoms with Crippen LogP contribution in [0.5, 0.6) is 5.75 Å². The Labute approximate surface area is 110 Å². The lowest BCUT2D eigenvalue weighted by molar-refractivity contribution is 0.305. The van der Waals surface area contributed by atoms with Gasteiger partial charge in [-0.2, -0.15) is 0 Å². The Balaban J connectivity index is 0.000000771. The molecule has 0 spiro atoms. The number of rotatable bonds is 3. The van der Waals surface area contributed by atoms with Gasteiger partial charge < -0.3 is 4.74 Å². The molecule has 0 N–H and O–H groups in total. The maximum atomic E-state index is 5.75. The Bertz CT molecular complexity index is 475. The van der Waals surface area contributed by atoms with E-state index in [0.29, 0.717) is 6.61 Å². The molecule has 96 valence electrons. The predicted octanol–water partition coefficient (Wildman–Crippen LogP) is 4.91. The topological polar surface area (TPSA) is 9.23 Å². The molecule has 0 aromatic heterocycles. The molecule has 0 aliphatic rings. The van der Waals surface area contributed by atoms with Crippen molar-refractivity contribution in [2.24, 2.45) is 0 Å². The molecule has 0 fully saturated rings. The molecule has 2 aromatic carbocycles. The van der Waals surface area contributed by atoms with Crippen molar-refractivity contribution < 1.29 is 4.74 Å². The van der Waals surface area contributed by atoms with E-state index < -0.39 is 0 Å². The second kappa shape index (κ2) is 7.54. The van der Waals surface area contributed by atoms with E-state index in [-0.39, 0.29) is 0 Å². The minimum atomic E-state index is 0.635. The first-order valence-electron chi connectivity index (χ1n) is 6.50. The summed E-state index contributed by atoms with van der Waals surface area (Å²) in [5.74, 6) is 0.934. The zero-order valence-corrected chi connectivity index (χ0v) is 11.7. The van der Waals surface area contributed by atoms with E-state index in [2.05, 4.69) is 38.1 Å². The van der Waals surface area contributed by atoms with E-state index in [9.17, 15) is 0 Å². The fraction of sp³-hybridized carbons (Fsp3) is 0.294. The Morgan fingerprint density at radius 2 is 1.61 bits per heavy atom. The molecule has 0 saturated heterocycles. The number of aryl methyl sites for hydroxylation is 2. The van der Waals surface area contributed by atoms with Crippen LogP contribution in [0.15, 0.2) is 48.5 Å². The summed E-state index contributed by atoms with van der Waals surface area (Å²) in [5, 5.41) is 0. The molecule has 0 unspecified atom stereocenters. The summed E-state index contributed by atoms with van der Waals surface area (Å²) >= 11 is 0. The van der Waals surface area contributed by atoms with Crippen molar-refractivity contribution in [2.45, 2.75) is 34.3 Å². The van der Waals surface area contributed by atoms with Crippen LogP contribution in [-0.2, 0) is 6.61 Å². The van der Waals surface area contributed by atoms with Gasteiger partial charge in [-0.25, -0.2) is 0 Å². The van der Waals surface area contributed by atoms with Crippen LogP contribution in [0, 0.1) is 13.8 Å². The van der Waals surface area contributed by atoms with Crippen molar-refractivity contribution in [3.8, 4) is 5.75 Å². The maximum absolute atomic E-state index is 5.75. The lowest BCUT2D eigenvalue weighted by Crippen LogP contribution is -1.97. The van der Waals surface area contributed by atoms with E-state index in [1.807, 2.05) is 38.1 Å². The molecule has 18 heavy (non-hydrogen) atoms. The van der Waals surface area contributed by atoms with Gasteiger partial charge in [0.15, 0.2) is 0 Å². The first kappa shape index (κ1) is 14.3. The molecule has 1 heteroatoms. The Morgan fingerprint density at radius 3 is 2.28 bits per heavy atom. The van der Waals surface area contributed by atoms with Gasteiger partial charge in [-0.15, -0.1) is 0 Å². The van der Waals surface area contributed by atoms with E-state index >= 15 is 0 Å². The third-order valence-electron chi connectivity index (χ3n) is 2.65. The average Bonchev–Trinajstić information content (AvgIpc) is 2.40. The minimum absolute atomic E-state index is 0.635. The van der Waals surface area contributed by atoms with Crippen molar-refractivity contribution in [3.63, 3.8) is 0 Å². The molecule has 0 bridgehead atoms. The largest absolute Gasteiger partial charge is 0.489 e. The molecular weight excluding hydrogens is 220 g/mol. The quantitative estimate of drug-likeness (QED) is 0.743. The van der Waals surface area contributed by atoms with Crippen molar-refractivity contribution in [2.75, 3.05) is 0 Å². The molecule has 0 aliphatic heterocycles. The van der Waals surface area contributed by atoms with E-state index in [1.54, 1.807) is 0 Å². The first-order valence-corrected chi connectivity index (χ1v) is 6.50. The Morgan fingerprint density at radius 1 is 0.889 bits per heavy atom. The number of hydrogen-bond acceptors (Lipinski definition) is 1. The van der Waals surface area contributed by atoms with Crippen LogP contribution in [0.4, 0.5) is 0 Å². The van der Waals surface area contributed by atoms with E-state index in [1.165, 1.54) is 16.7 Å². The van der Waals surface area contributed by atoms with E-state index in [4.69, 9.17) is 4.74 Å². The van der Waals surface area contributed by atoms with Crippen molar-refractivity contribution >= 4 is 0 Å². The second-order valence-corrected chi connectivity index (χ2v) is 4.03. The van der Waals surface area contributed by atoms with Crippen molar-refractivity contribution in [3.05, 3.63) is 65.2 Å². The summed E-state index contributed by atoms with van der Waals surface area (Å²) in [6.07, 6.45) is 0. The van der Waals surface area contributed by atoms with Gasteiger partial charge in [-0.1, -0.05) is 50.2 Å². The Hall–Kier alpha value is -1.76. The number of benzene rings is 2. The van der Waals surface area contributed by atoms with Gasteiger partial charge in [-0.3, -0.25) is 0 Å². The SMILES string of the molecule is CC.Cc1cccc(OCc2ccccc2C)c1. The van der Waals surface area contributed by atoms with Gasteiger partial charge in [0.05, 0.1) is 0 Å². The first-order chi connectivity index (χ1) is 8.75. The lowest BCUT2D eigenvalue weighted by atomic mass is 10.1. The van der Waals surface area contributed by atoms with Gasteiger partial charge in [0.25, 0.3) is 0 Å². The van der Waals surface area contributed by atoms with Crippen LogP contribution in [0.25, 0.3) is 0 Å². The fourth-order valence-electron chi connectivity index (χ4n) is 1.64. The predicted molar refractivity (Wildman–Crippen MR) is 78.0 cm³/mol. The molecule has 0 heterocycles. The molecule has 0 atom stereocenters. The van der Waals surface area contributed by atoms with Gasteiger partial charge in [0.1, 0.15) is 12.4 Å². The van der Waals surface area contributed by atoms with Crippen LogP contribution in [0.2, 0.25) is 0 Å². The summed E-state index contributed by atoms with van der Waals surface area (Å²) in [6, 6.07) is 16.4. The molecular formula is C17H22O. The highest BCUT2D eigenvalue weighted by molar-refractivity contribution is 5.29. The number of hydrogen-bond donors (Lipinski definition) is 0. The lowest BCUT2D eigenvalue weighted by Gasteiger charge is -2.08.